The number of amides is 3. The lowest BCUT2D eigenvalue weighted by atomic mass is 10.1. The molecule has 5 heteroatoms. The molecule has 0 spiro atoms. The van der Waals surface area contributed by atoms with Gasteiger partial charge in [-0.05, 0) is 45.4 Å². The van der Waals surface area contributed by atoms with E-state index in [1.807, 2.05) is 32.7 Å². The van der Waals surface area contributed by atoms with Crippen LogP contribution in [0.4, 0.5) is 4.79 Å². The van der Waals surface area contributed by atoms with Crippen LogP contribution in [0.5, 0.6) is 0 Å². The van der Waals surface area contributed by atoms with Crippen molar-refractivity contribution in [3.63, 3.8) is 0 Å². The highest BCUT2D eigenvalue weighted by Gasteiger charge is 2.16. The summed E-state index contributed by atoms with van der Waals surface area (Å²) in [4.78, 5) is 25.3. The van der Waals surface area contributed by atoms with Gasteiger partial charge in [0.2, 0.25) is 5.91 Å². The van der Waals surface area contributed by atoms with Crippen LogP contribution >= 0.6 is 0 Å². The summed E-state index contributed by atoms with van der Waals surface area (Å²) in [6.07, 6.45) is 1.02. The van der Waals surface area contributed by atoms with Gasteiger partial charge in [-0.3, -0.25) is 15.0 Å². The van der Waals surface area contributed by atoms with Crippen molar-refractivity contribution in [3.8, 4) is 0 Å². The second-order valence-corrected chi connectivity index (χ2v) is 6.59. The van der Waals surface area contributed by atoms with Crippen LogP contribution in [0.15, 0.2) is 24.3 Å². The third-order valence-corrected chi connectivity index (χ3v) is 3.04. The van der Waals surface area contributed by atoms with Gasteiger partial charge in [-0.25, -0.2) is 4.79 Å². The molecule has 0 fully saturated rings. The second-order valence-electron chi connectivity index (χ2n) is 6.59. The van der Waals surface area contributed by atoms with Crippen molar-refractivity contribution >= 4 is 11.9 Å². The Kier molecular flexibility index (Phi) is 6.56. The number of rotatable bonds is 5. The van der Waals surface area contributed by atoms with Gasteiger partial charge < -0.3 is 5.32 Å². The van der Waals surface area contributed by atoms with E-state index in [1.165, 1.54) is 5.56 Å². The maximum Gasteiger partial charge on any atom is 0.321 e. The van der Waals surface area contributed by atoms with Gasteiger partial charge in [-0.2, -0.15) is 0 Å². The molecule has 0 radical (unpaired) electrons. The summed E-state index contributed by atoms with van der Waals surface area (Å²) in [5.41, 5.74) is 2.08. The zero-order chi connectivity index (χ0) is 16.8. The highest BCUT2D eigenvalue weighted by Crippen LogP contribution is 2.07. The number of likely N-dealkylation sites (N-methyl/N-ethyl adjacent to an activating group) is 1. The molecule has 0 heterocycles. The van der Waals surface area contributed by atoms with E-state index in [1.54, 1.807) is 0 Å². The van der Waals surface area contributed by atoms with Gasteiger partial charge in [-0.15, -0.1) is 0 Å². The molecule has 0 bridgehead atoms. The van der Waals surface area contributed by atoms with Gasteiger partial charge in [0.1, 0.15) is 0 Å². The number of nitrogens with zero attached hydrogens (tertiary/aromatic N) is 1. The van der Waals surface area contributed by atoms with E-state index in [-0.39, 0.29) is 18.0 Å². The van der Waals surface area contributed by atoms with Crippen LogP contribution in [0, 0.1) is 0 Å². The van der Waals surface area contributed by atoms with Crippen molar-refractivity contribution < 1.29 is 9.59 Å². The van der Waals surface area contributed by atoms with Crippen LogP contribution in [0.25, 0.3) is 0 Å². The minimum atomic E-state index is -0.460. The van der Waals surface area contributed by atoms with Gasteiger partial charge in [0, 0.05) is 12.1 Å². The Hall–Kier alpha value is -1.88. The summed E-state index contributed by atoms with van der Waals surface area (Å²) < 4.78 is 0. The predicted octanol–water partition coefficient (Wildman–Crippen LogP) is 2.31. The van der Waals surface area contributed by atoms with Crippen molar-refractivity contribution in [1.29, 1.82) is 0 Å². The summed E-state index contributed by atoms with van der Waals surface area (Å²) in [5.74, 6) is -0.311. The molecule has 122 valence electrons. The first-order valence-corrected chi connectivity index (χ1v) is 7.58. The average Bonchev–Trinajstić information content (AvgIpc) is 2.36. The number of carbonyl (C=O) groups excluding carboxylic acids is 2. The van der Waals surface area contributed by atoms with Crippen molar-refractivity contribution in [1.82, 2.24) is 15.5 Å². The molecule has 0 aliphatic rings. The smallest absolute Gasteiger partial charge is 0.321 e. The minimum Gasteiger partial charge on any atom is -0.333 e. The lowest BCUT2D eigenvalue weighted by molar-refractivity contribution is -0.121. The molecule has 5 nitrogen and oxygen atoms in total. The summed E-state index contributed by atoms with van der Waals surface area (Å²) >= 11 is 0. The SMILES string of the molecule is CCc1ccc(CN(C)CC(=O)NC(=O)NC(C)(C)C)cc1. The zero-order valence-electron chi connectivity index (χ0n) is 14.2. The topological polar surface area (TPSA) is 61.4 Å². The lowest BCUT2D eigenvalue weighted by Gasteiger charge is -2.21. The van der Waals surface area contributed by atoms with Gasteiger partial charge in [0.05, 0.1) is 6.54 Å². The molecule has 0 atom stereocenters. The number of hydrogen-bond donors (Lipinski definition) is 2. The largest absolute Gasteiger partial charge is 0.333 e. The fourth-order valence-electron chi connectivity index (χ4n) is 2.03. The molecule has 2 N–H and O–H groups in total. The van der Waals surface area contributed by atoms with E-state index >= 15 is 0 Å². The predicted molar refractivity (Wildman–Crippen MR) is 88.6 cm³/mol. The fourth-order valence-corrected chi connectivity index (χ4v) is 2.03. The van der Waals surface area contributed by atoms with Crippen molar-refractivity contribution in [2.24, 2.45) is 0 Å². The summed E-state index contributed by atoms with van der Waals surface area (Å²) in [5, 5.41) is 5.04. The number of nitrogens with one attached hydrogen (secondary N) is 2. The van der Waals surface area contributed by atoms with E-state index in [2.05, 4.69) is 41.8 Å². The third-order valence-electron chi connectivity index (χ3n) is 3.04. The summed E-state index contributed by atoms with van der Waals surface area (Å²) in [6.45, 7) is 8.55. The number of imide groups is 1. The van der Waals surface area contributed by atoms with Crippen LogP contribution in [-0.2, 0) is 17.8 Å². The minimum absolute atomic E-state index is 0.174. The van der Waals surface area contributed by atoms with E-state index in [4.69, 9.17) is 0 Å². The first kappa shape index (κ1) is 18.2. The lowest BCUT2D eigenvalue weighted by Crippen LogP contribution is -2.50. The Balaban J connectivity index is 2.41. The van der Waals surface area contributed by atoms with Crippen LogP contribution < -0.4 is 10.6 Å². The molecule has 0 aliphatic heterocycles. The number of carbonyl (C=O) groups is 2. The van der Waals surface area contributed by atoms with Crippen molar-refractivity contribution in [2.75, 3.05) is 13.6 Å². The van der Waals surface area contributed by atoms with Crippen LogP contribution in [0.2, 0.25) is 0 Å². The zero-order valence-corrected chi connectivity index (χ0v) is 14.2. The Morgan fingerprint density at radius 1 is 1.09 bits per heavy atom. The standard InChI is InChI=1S/C17H27N3O2/c1-6-13-7-9-14(10-8-13)11-20(5)12-15(21)18-16(22)19-17(2,3)4/h7-10H,6,11-12H2,1-5H3,(H2,18,19,21,22). The van der Waals surface area contributed by atoms with Gasteiger partial charge >= 0.3 is 6.03 Å². The fraction of sp³-hybridized carbons (Fsp3) is 0.529. The molecule has 1 aromatic carbocycles. The maximum absolute atomic E-state index is 11.8. The molecule has 0 aromatic heterocycles. The Morgan fingerprint density at radius 2 is 1.64 bits per heavy atom. The molecule has 0 saturated carbocycles. The molecular formula is C17H27N3O2. The van der Waals surface area contributed by atoms with Crippen LogP contribution in [-0.4, -0.2) is 36.0 Å². The molecule has 22 heavy (non-hydrogen) atoms. The number of benzene rings is 1. The number of hydrogen-bond acceptors (Lipinski definition) is 3. The Morgan fingerprint density at radius 3 is 2.14 bits per heavy atom. The van der Waals surface area contributed by atoms with Crippen LogP contribution in [0.1, 0.15) is 38.8 Å². The number of aryl methyl sites for hydroxylation is 1. The van der Waals surface area contributed by atoms with Gasteiger partial charge in [0.25, 0.3) is 0 Å². The second kappa shape index (κ2) is 7.94. The monoisotopic (exact) mass is 305 g/mol. The Bertz CT molecular complexity index is 504. The highest BCUT2D eigenvalue weighted by atomic mass is 16.2. The normalized spacial score (nSPS) is 11.4. The van der Waals surface area contributed by atoms with E-state index < -0.39 is 6.03 Å². The van der Waals surface area contributed by atoms with Gasteiger partial charge in [-0.1, -0.05) is 31.2 Å². The quantitative estimate of drug-likeness (QED) is 0.877. The van der Waals surface area contributed by atoms with Crippen LogP contribution in [0.3, 0.4) is 0 Å². The number of urea groups is 1. The maximum atomic E-state index is 11.8. The molecule has 0 aliphatic carbocycles. The summed E-state index contributed by atoms with van der Waals surface area (Å²) in [7, 11) is 1.86. The molecular weight excluding hydrogens is 278 g/mol. The van der Waals surface area contributed by atoms with Gasteiger partial charge in [0.15, 0.2) is 0 Å². The molecule has 3 amide bonds. The first-order valence-electron chi connectivity index (χ1n) is 7.58. The third kappa shape index (κ3) is 7.22. The highest BCUT2D eigenvalue weighted by molar-refractivity contribution is 5.95. The van der Waals surface area contributed by atoms with Crippen molar-refractivity contribution in [3.05, 3.63) is 35.4 Å². The molecule has 1 rings (SSSR count). The van der Waals surface area contributed by atoms with Crippen molar-refractivity contribution in [2.45, 2.75) is 46.2 Å². The Labute approximate surface area is 133 Å². The van der Waals surface area contributed by atoms with E-state index in [0.29, 0.717) is 6.54 Å². The molecule has 0 saturated heterocycles. The van der Waals surface area contributed by atoms with E-state index in [0.717, 1.165) is 12.0 Å². The molecule has 1 aromatic rings. The first-order chi connectivity index (χ1) is 10.2. The molecule has 0 unspecified atom stereocenters. The van der Waals surface area contributed by atoms with E-state index in [9.17, 15) is 9.59 Å². The average molecular weight is 305 g/mol. The summed E-state index contributed by atoms with van der Waals surface area (Å²) in [6, 6.07) is 7.87.